The molecule has 0 spiro atoms. The molecule has 2 rings (SSSR count). The Bertz CT molecular complexity index is 645. The number of carboxylic acid groups (broad SMARTS) is 1. The third-order valence-electron chi connectivity index (χ3n) is 2.74. The average molecular weight is 269 g/mol. The maximum absolute atomic E-state index is 10.5. The molecule has 0 saturated heterocycles. The van der Waals surface area contributed by atoms with Crippen LogP contribution in [-0.2, 0) is 4.79 Å². The molecule has 2 aromatic rings. The van der Waals surface area contributed by atoms with Crippen LogP contribution in [0, 0.1) is 13.8 Å². The SMILES string of the molecule is Cc1ccc(Oc2cc(/C=C/C(=O)O)ccc2C)cn1. The van der Waals surface area contributed by atoms with Gasteiger partial charge in [0.25, 0.3) is 0 Å². The quantitative estimate of drug-likeness (QED) is 0.862. The largest absolute Gasteiger partial charge is 0.478 e. The number of aromatic nitrogens is 1. The van der Waals surface area contributed by atoms with Crippen molar-refractivity contribution < 1.29 is 14.6 Å². The molecule has 1 N–H and O–H groups in total. The summed E-state index contributed by atoms with van der Waals surface area (Å²) in [6.07, 6.45) is 4.29. The van der Waals surface area contributed by atoms with Gasteiger partial charge in [0.05, 0.1) is 6.20 Å². The number of hydrogen-bond donors (Lipinski definition) is 1. The van der Waals surface area contributed by atoms with Crippen molar-refractivity contribution in [3.63, 3.8) is 0 Å². The van der Waals surface area contributed by atoms with Gasteiger partial charge in [-0.3, -0.25) is 4.98 Å². The lowest BCUT2D eigenvalue weighted by molar-refractivity contribution is -0.131. The van der Waals surface area contributed by atoms with E-state index in [0.717, 1.165) is 22.9 Å². The molecule has 0 unspecified atom stereocenters. The summed E-state index contributed by atoms with van der Waals surface area (Å²) in [6, 6.07) is 9.25. The van der Waals surface area contributed by atoms with Gasteiger partial charge in [0.2, 0.25) is 0 Å². The number of ether oxygens (including phenoxy) is 1. The van der Waals surface area contributed by atoms with Crippen LogP contribution in [0.1, 0.15) is 16.8 Å². The van der Waals surface area contributed by atoms with Gasteiger partial charge < -0.3 is 9.84 Å². The molecule has 0 aliphatic rings. The zero-order valence-corrected chi connectivity index (χ0v) is 11.3. The number of nitrogens with zero attached hydrogens (tertiary/aromatic N) is 1. The normalized spacial score (nSPS) is 10.7. The Morgan fingerprint density at radius 2 is 2.05 bits per heavy atom. The molecule has 0 aliphatic carbocycles. The van der Waals surface area contributed by atoms with Gasteiger partial charge in [-0.2, -0.15) is 0 Å². The predicted octanol–water partition coefficient (Wildman–Crippen LogP) is 3.59. The lowest BCUT2D eigenvalue weighted by Crippen LogP contribution is -1.90. The van der Waals surface area contributed by atoms with E-state index in [0.29, 0.717) is 11.5 Å². The molecule has 0 aliphatic heterocycles. The number of pyridine rings is 1. The van der Waals surface area contributed by atoms with Crippen molar-refractivity contribution in [2.75, 3.05) is 0 Å². The van der Waals surface area contributed by atoms with E-state index in [1.54, 1.807) is 12.3 Å². The number of carbonyl (C=O) groups is 1. The molecule has 0 radical (unpaired) electrons. The summed E-state index contributed by atoms with van der Waals surface area (Å²) in [5, 5.41) is 8.63. The first kappa shape index (κ1) is 13.8. The highest BCUT2D eigenvalue weighted by atomic mass is 16.5. The van der Waals surface area contributed by atoms with E-state index in [1.807, 2.05) is 38.1 Å². The van der Waals surface area contributed by atoms with E-state index in [4.69, 9.17) is 9.84 Å². The molecule has 4 heteroatoms. The highest BCUT2D eigenvalue weighted by Gasteiger charge is 2.03. The van der Waals surface area contributed by atoms with Crippen molar-refractivity contribution in [2.45, 2.75) is 13.8 Å². The Morgan fingerprint density at radius 3 is 2.70 bits per heavy atom. The van der Waals surface area contributed by atoms with Gasteiger partial charge in [-0.25, -0.2) is 4.79 Å². The second kappa shape index (κ2) is 6.02. The van der Waals surface area contributed by atoms with Crippen molar-refractivity contribution in [3.8, 4) is 11.5 Å². The van der Waals surface area contributed by atoms with Crippen molar-refractivity contribution >= 4 is 12.0 Å². The molecule has 0 fully saturated rings. The summed E-state index contributed by atoms with van der Waals surface area (Å²) >= 11 is 0. The fourth-order valence-electron chi connectivity index (χ4n) is 1.64. The fraction of sp³-hybridized carbons (Fsp3) is 0.125. The third kappa shape index (κ3) is 3.68. The maximum Gasteiger partial charge on any atom is 0.328 e. The molecule has 1 aromatic carbocycles. The van der Waals surface area contributed by atoms with Gasteiger partial charge in [0.15, 0.2) is 0 Å². The van der Waals surface area contributed by atoms with Gasteiger partial charge in [0, 0.05) is 11.8 Å². The fourth-order valence-corrected chi connectivity index (χ4v) is 1.64. The third-order valence-corrected chi connectivity index (χ3v) is 2.74. The number of hydrogen-bond acceptors (Lipinski definition) is 3. The van der Waals surface area contributed by atoms with E-state index < -0.39 is 5.97 Å². The minimum atomic E-state index is -0.976. The lowest BCUT2D eigenvalue weighted by Gasteiger charge is -2.09. The van der Waals surface area contributed by atoms with E-state index in [-0.39, 0.29) is 0 Å². The Morgan fingerprint density at radius 1 is 1.25 bits per heavy atom. The molecular weight excluding hydrogens is 254 g/mol. The van der Waals surface area contributed by atoms with Crippen molar-refractivity contribution in [2.24, 2.45) is 0 Å². The molecule has 0 saturated carbocycles. The van der Waals surface area contributed by atoms with Crippen LogP contribution in [-0.4, -0.2) is 16.1 Å². The summed E-state index contributed by atoms with van der Waals surface area (Å²) in [7, 11) is 0. The van der Waals surface area contributed by atoms with Crippen molar-refractivity contribution in [1.82, 2.24) is 4.98 Å². The molecule has 20 heavy (non-hydrogen) atoms. The Balaban J connectivity index is 2.24. The van der Waals surface area contributed by atoms with E-state index >= 15 is 0 Å². The molecule has 1 heterocycles. The van der Waals surface area contributed by atoms with Crippen LogP contribution in [0.2, 0.25) is 0 Å². The highest BCUT2D eigenvalue weighted by molar-refractivity contribution is 5.85. The molecule has 0 atom stereocenters. The molecule has 0 bridgehead atoms. The maximum atomic E-state index is 10.5. The van der Waals surface area contributed by atoms with Crippen LogP contribution < -0.4 is 4.74 Å². The number of aliphatic carboxylic acids is 1. The zero-order chi connectivity index (χ0) is 14.5. The van der Waals surface area contributed by atoms with Gasteiger partial charge >= 0.3 is 5.97 Å². The zero-order valence-electron chi connectivity index (χ0n) is 11.3. The van der Waals surface area contributed by atoms with Gasteiger partial charge in [-0.1, -0.05) is 12.1 Å². The molecule has 4 nitrogen and oxygen atoms in total. The Kier molecular flexibility index (Phi) is 4.15. The first-order valence-electron chi connectivity index (χ1n) is 6.17. The summed E-state index contributed by atoms with van der Waals surface area (Å²) < 4.78 is 5.77. The summed E-state index contributed by atoms with van der Waals surface area (Å²) in [5.41, 5.74) is 2.67. The van der Waals surface area contributed by atoms with Gasteiger partial charge in [-0.15, -0.1) is 0 Å². The first-order valence-corrected chi connectivity index (χ1v) is 6.17. The van der Waals surface area contributed by atoms with Crippen LogP contribution in [0.5, 0.6) is 11.5 Å². The van der Waals surface area contributed by atoms with Crippen LogP contribution in [0.4, 0.5) is 0 Å². The summed E-state index contributed by atoms with van der Waals surface area (Å²) in [5.74, 6) is 0.358. The van der Waals surface area contributed by atoms with Crippen molar-refractivity contribution in [1.29, 1.82) is 0 Å². The summed E-state index contributed by atoms with van der Waals surface area (Å²) in [6.45, 7) is 3.84. The van der Waals surface area contributed by atoms with Gasteiger partial charge in [-0.05, 0) is 49.2 Å². The van der Waals surface area contributed by atoms with Crippen molar-refractivity contribution in [3.05, 3.63) is 59.4 Å². The average Bonchev–Trinajstić information content (AvgIpc) is 2.42. The predicted molar refractivity (Wildman–Crippen MR) is 76.9 cm³/mol. The second-order valence-electron chi connectivity index (χ2n) is 4.43. The first-order chi connectivity index (χ1) is 9.54. The van der Waals surface area contributed by atoms with Crippen LogP contribution in [0.15, 0.2) is 42.6 Å². The summed E-state index contributed by atoms with van der Waals surface area (Å²) in [4.78, 5) is 14.7. The lowest BCUT2D eigenvalue weighted by atomic mass is 10.1. The smallest absolute Gasteiger partial charge is 0.328 e. The monoisotopic (exact) mass is 269 g/mol. The number of rotatable bonds is 4. The number of benzene rings is 1. The Labute approximate surface area is 117 Å². The molecular formula is C16H15NO3. The van der Waals surface area contributed by atoms with Gasteiger partial charge in [0.1, 0.15) is 11.5 Å². The van der Waals surface area contributed by atoms with Crippen LogP contribution in [0.25, 0.3) is 6.08 Å². The number of aryl methyl sites for hydroxylation is 2. The van der Waals surface area contributed by atoms with E-state index in [1.165, 1.54) is 6.08 Å². The Hall–Kier alpha value is -2.62. The second-order valence-corrected chi connectivity index (χ2v) is 4.43. The standard InChI is InChI=1S/C16H15NO3/c1-11-3-5-13(6-8-16(18)19)9-15(11)20-14-7-4-12(2)17-10-14/h3-10H,1-2H3,(H,18,19)/b8-6+. The van der Waals surface area contributed by atoms with Crippen LogP contribution >= 0.6 is 0 Å². The van der Waals surface area contributed by atoms with E-state index in [9.17, 15) is 4.79 Å². The number of carboxylic acids is 1. The molecule has 1 aromatic heterocycles. The minimum Gasteiger partial charge on any atom is -0.478 e. The molecule has 102 valence electrons. The topological polar surface area (TPSA) is 59.4 Å². The molecule has 0 amide bonds. The van der Waals surface area contributed by atoms with Crippen LogP contribution in [0.3, 0.4) is 0 Å². The minimum absolute atomic E-state index is 0.651. The van der Waals surface area contributed by atoms with E-state index in [2.05, 4.69) is 4.98 Å². The highest BCUT2D eigenvalue weighted by Crippen LogP contribution is 2.26.